The minimum atomic E-state index is -0.135. The average Bonchev–Trinajstić information content (AvgIpc) is 3.27. The maximum absolute atomic E-state index is 6.65. The van der Waals surface area contributed by atoms with Gasteiger partial charge in [-0.15, -0.1) is 0 Å². The maximum atomic E-state index is 6.65. The standard InChI is InChI=1S/C35H52N6/c1-6-41-32-14-13-26(38-15-9-7-10-16-38)20-29(32)31(22-35(3,4)5)34(41)30-21-28(23-37-33(30)25(2)36)40-19-18-39-17-11-8-12-27(39)24-40/h13-14,20-21,23,25,27H,6-12,15-19,22,24,36H2,1-5H3. The Balaban J connectivity index is 1.50. The Morgan fingerprint density at radius 2 is 1.71 bits per heavy atom. The van der Waals surface area contributed by atoms with Gasteiger partial charge in [0.2, 0.25) is 0 Å². The van der Waals surface area contributed by atoms with Crippen LogP contribution in [0.4, 0.5) is 11.4 Å². The summed E-state index contributed by atoms with van der Waals surface area (Å²) < 4.78 is 2.54. The minimum absolute atomic E-state index is 0.135. The summed E-state index contributed by atoms with van der Waals surface area (Å²) in [7, 11) is 0. The van der Waals surface area contributed by atoms with Crippen LogP contribution < -0.4 is 15.5 Å². The highest BCUT2D eigenvalue weighted by Crippen LogP contribution is 2.42. The molecule has 0 spiro atoms. The van der Waals surface area contributed by atoms with Crippen molar-refractivity contribution in [2.45, 2.75) is 98.2 Å². The van der Waals surface area contributed by atoms with Crippen LogP contribution in [0, 0.1) is 5.41 Å². The molecule has 6 nitrogen and oxygen atoms in total. The van der Waals surface area contributed by atoms with Crippen molar-refractivity contribution >= 4 is 22.3 Å². The number of benzene rings is 1. The van der Waals surface area contributed by atoms with Gasteiger partial charge in [0, 0.05) is 73.5 Å². The smallest absolute Gasteiger partial charge is 0.0663 e. The zero-order chi connectivity index (χ0) is 28.7. The highest BCUT2D eigenvalue weighted by atomic mass is 15.3. The number of fused-ring (bicyclic) bond motifs is 2. The Hall–Kier alpha value is -2.57. The molecule has 2 unspecified atom stereocenters. The fourth-order valence-corrected chi connectivity index (χ4v) is 7.69. The summed E-state index contributed by atoms with van der Waals surface area (Å²) in [4.78, 5) is 13.0. The molecule has 0 bridgehead atoms. The molecular formula is C35H52N6. The van der Waals surface area contributed by atoms with Crippen molar-refractivity contribution in [1.82, 2.24) is 14.5 Å². The van der Waals surface area contributed by atoms with E-state index in [0.29, 0.717) is 6.04 Å². The van der Waals surface area contributed by atoms with Gasteiger partial charge in [0.15, 0.2) is 0 Å². The van der Waals surface area contributed by atoms with Crippen molar-refractivity contribution in [1.29, 1.82) is 0 Å². The fraction of sp³-hybridized carbons (Fsp3) is 0.629. The zero-order valence-corrected chi connectivity index (χ0v) is 26.3. The summed E-state index contributed by atoms with van der Waals surface area (Å²) in [5, 5.41) is 1.40. The minimum Gasteiger partial charge on any atom is -0.372 e. The number of piperidine rings is 2. The summed E-state index contributed by atoms with van der Waals surface area (Å²) in [5.74, 6) is 0. The van der Waals surface area contributed by atoms with E-state index in [1.54, 1.807) is 0 Å². The Morgan fingerprint density at radius 3 is 2.44 bits per heavy atom. The first-order valence-corrected chi connectivity index (χ1v) is 16.4. The number of anilines is 2. The summed E-state index contributed by atoms with van der Waals surface area (Å²) in [6.45, 7) is 19.3. The monoisotopic (exact) mass is 556 g/mol. The van der Waals surface area contributed by atoms with Gasteiger partial charge in [0.25, 0.3) is 0 Å². The SMILES string of the molecule is CCn1c(-c2cc(N3CCN4CCCCC4C3)cnc2C(C)N)c(CC(C)(C)C)c2cc(N3CCCCC3)ccc21. The predicted molar refractivity (Wildman–Crippen MR) is 174 cm³/mol. The Bertz CT molecular complexity index is 1360. The molecular weight excluding hydrogens is 504 g/mol. The second-order valence-corrected chi connectivity index (χ2v) is 14.1. The second kappa shape index (κ2) is 11.6. The van der Waals surface area contributed by atoms with Gasteiger partial charge in [-0.25, -0.2) is 0 Å². The molecule has 1 aromatic carbocycles. The number of piperazine rings is 1. The van der Waals surface area contributed by atoms with E-state index in [1.807, 2.05) is 0 Å². The number of hydrogen-bond donors (Lipinski definition) is 1. The number of hydrogen-bond acceptors (Lipinski definition) is 5. The third-order valence-corrected chi connectivity index (χ3v) is 9.69. The largest absolute Gasteiger partial charge is 0.372 e. The summed E-state index contributed by atoms with van der Waals surface area (Å²) in [6, 6.07) is 10.2. The van der Waals surface area contributed by atoms with E-state index in [2.05, 4.69) is 84.3 Å². The van der Waals surface area contributed by atoms with E-state index in [-0.39, 0.29) is 11.5 Å². The van der Waals surface area contributed by atoms with E-state index in [4.69, 9.17) is 10.7 Å². The molecule has 0 radical (unpaired) electrons. The van der Waals surface area contributed by atoms with E-state index in [0.717, 1.165) is 51.4 Å². The molecule has 0 saturated carbocycles. The van der Waals surface area contributed by atoms with Gasteiger partial charge in [-0.05, 0) is 94.2 Å². The van der Waals surface area contributed by atoms with Crippen molar-refractivity contribution in [2.24, 2.45) is 11.1 Å². The Morgan fingerprint density at radius 1 is 0.927 bits per heavy atom. The van der Waals surface area contributed by atoms with Gasteiger partial charge in [-0.3, -0.25) is 9.88 Å². The van der Waals surface area contributed by atoms with Crippen LogP contribution in [-0.4, -0.2) is 59.8 Å². The molecule has 5 heterocycles. The highest BCUT2D eigenvalue weighted by molar-refractivity contribution is 5.95. The topological polar surface area (TPSA) is 53.6 Å². The third-order valence-electron chi connectivity index (χ3n) is 9.69. The van der Waals surface area contributed by atoms with Crippen molar-refractivity contribution in [2.75, 3.05) is 49.1 Å². The Kier molecular flexibility index (Phi) is 8.08. The molecule has 2 aromatic heterocycles. The zero-order valence-electron chi connectivity index (χ0n) is 26.3. The number of pyridine rings is 1. The van der Waals surface area contributed by atoms with Crippen LogP contribution in [0.15, 0.2) is 30.5 Å². The molecule has 0 aliphatic carbocycles. The summed E-state index contributed by atoms with van der Waals surface area (Å²) >= 11 is 0. The van der Waals surface area contributed by atoms with E-state index in [9.17, 15) is 0 Å². The van der Waals surface area contributed by atoms with Crippen LogP contribution in [0.5, 0.6) is 0 Å². The number of nitrogens with zero attached hydrogens (tertiary/aromatic N) is 5. The van der Waals surface area contributed by atoms with Crippen LogP contribution in [0.3, 0.4) is 0 Å². The van der Waals surface area contributed by atoms with Crippen molar-refractivity contribution < 1.29 is 0 Å². The lowest BCUT2D eigenvalue weighted by molar-refractivity contribution is 0.133. The number of rotatable bonds is 6. The molecule has 6 heteroatoms. The lowest BCUT2D eigenvalue weighted by Gasteiger charge is -2.45. The predicted octanol–water partition coefficient (Wildman–Crippen LogP) is 7.00. The lowest BCUT2D eigenvalue weighted by atomic mass is 9.85. The van der Waals surface area contributed by atoms with Gasteiger partial charge in [-0.1, -0.05) is 27.2 Å². The second-order valence-electron chi connectivity index (χ2n) is 14.1. The first-order chi connectivity index (χ1) is 19.7. The molecule has 3 aliphatic rings. The van der Waals surface area contributed by atoms with Crippen LogP contribution in [0.2, 0.25) is 0 Å². The van der Waals surface area contributed by atoms with Crippen LogP contribution >= 0.6 is 0 Å². The van der Waals surface area contributed by atoms with Crippen molar-refractivity contribution in [3.05, 3.63) is 41.7 Å². The van der Waals surface area contributed by atoms with Crippen LogP contribution in [0.1, 0.15) is 90.4 Å². The first kappa shape index (κ1) is 28.5. The van der Waals surface area contributed by atoms with Crippen LogP contribution in [0.25, 0.3) is 22.2 Å². The van der Waals surface area contributed by atoms with E-state index < -0.39 is 0 Å². The molecule has 3 fully saturated rings. The number of nitrogens with two attached hydrogens (primary N) is 1. The van der Waals surface area contributed by atoms with Gasteiger partial charge in [0.05, 0.1) is 23.3 Å². The summed E-state index contributed by atoms with van der Waals surface area (Å²) in [5.41, 5.74) is 15.8. The molecule has 41 heavy (non-hydrogen) atoms. The van der Waals surface area contributed by atoms with Crippen molar-refractivity contribution in [3.63, 3.8) is 0 Å². The van der Waals surface area contributed by atoms with Gasteiger partial charge >= 0.3 is 0 Å². The fourth-order valence-electron chi connectivity index (χ4n) is 7.69. The van der Waals surface area contributed by atoms with Crippen LogP contribution in [-0.2, 0) is 13.0 Å². The molecule has 3 saturated heterocycles. The lowest BCUT2D eigenvalue weighted by Crippen LogP contribution is -2.54. The quantitative estimate of drug-likeness (QED) is 0.354. The molecule has 3 aliphatic heterocycles. The highest BCUT2D eigenvalue weighted by Gasteiger charge is 2.31. The molecule has 2 N–H and O–H groups in total. The van der Waals surface area contributed by atoms with Gasteiger partial charge < -0.3 is 20.1 Å². The molecule has 3 aromatic rings. The molecule has 222 valence electrons. The molecule has 0 amide bonds. The Labute approximate surface area is 247 Å². The summed E-state index contributed by atoms with van der Waals surface area (Å²) in [6.07, 6.45) is 11.1. The molecule has 6 rings (SSSR count). The number of aromatic nitrogens is 2. The first-order valence-electron chi connectivity index (χ1n) is 16.4. The molecule has 2 atom stereocenters. The third kappa shape index (κ3) is 5.75. The maximum Gasteiger partial charge on any atom is 0.0663 e. The van der Waals surface area contributed by atoms with E-state index >= 15 is 0 Å². The van der Waals surface area contributed by atoms with Crippen molar-refractivity contribution in [3.8, 4) is 11.3 Å². The normalized spacial score (nSPS) is 21.4. The van der Waals surface area contributed by atoms with Gasteiger partial charge in [0.1, 0.15) is 0 Å². The average molecular weight is 557 g/mol. The van der Waals surface area contributed by atoms with Gasteiger partial charge in [-0.2, -0.15) is 0 Å². The van der Waals surface area contributed by atoms with E-state index in [1.165, 1.54) is 84.2 Å². The number of aryl methyl sites for hydroxylation is 1.